The van der Waals surface area contributed by atoms with Crippen LogP contribution in [0, 0.1) is 0 Å². The van der Waals surface area contributed by atoms with Crippen LogP contribution in [0.5, 0.6) is 0 Å². The molecule has 0 aliphatic heterocycles. The van der Waals surface area contributed by atoms with Crippen molar-refractivity contribution in [1.82, 2.24) is 31.9 Å². The van der Waals surface area contributed by atoms with E-state index >= 15 is 0 Å². The molecule has 0 heterocycles. The lowest BCUT2D eigenvalue weighted by atomic mass is 10.1. The van der Waals surface area contributed by atoms with E-state index in [0.717, 1.165) is 80.8 Å². The largest absolute Gasteiger partial charge is 0.370 e. The summed E-state index contributed by atoms with van der Waals surface area (Å²) in [5, 5.41) is 15.2. The first-order valence-corrected chi connectivity index (χ1v) is 39.6. The highest BCUT2D eigenvalue weighted by Crippen LogP contribution is 2.08. The highest BCUT2D eigenvalue weighted by Gasteiger charge is 2.17. The summed E-state index contributed by atoms with van der Waals surface area (Å²) in [6.07, 6.45) is 26.0. The number of hydrogen-bond donors (Lipinski definition) is 11. The van der Waals surface area contributed by atoms with Crippen LogP contribution in [0.15, 0.2) is 50.6 Å². The van der Waals surface area contributed by atoms with Gasteiger partial charge in [-0.1, -0.05) is 127 Å². The van der Waals surface area contributed by atoms with Crippen molar-refractivity contribution < 1.29 is 57.5 Å². The third kappa shape index (κ3) is 207. The predicted molar refractivity (Wildman–Crippen MR) is 450 cm³/mol. The molecule has 0 aromatic heterocycles. The average molecular weight is 1530 g/mol. The zero-order valence-corrected chi connectivity index (χ0v) is 71.9. The van der Waals surface area contributed by atoms with E-state index in [2.05, 4.69) is 164 Å². The van der Waals surface area contributed by atoms with Gasteiger partial charge in [-0.25, -0.2) is 0 Å². The molecule has 0 saturated heterocycles. The molecule has 99 heavy (non-hydrogen) atoms. The maximum absolute atomic E-state index is 11.2. The van der Waals surface area contributed by atoms with Crippen LogP contribution in [0.2, 0.25) is 0 Å². The molecule has 0 aromatic carbocycles. The van der Waals surface area contributed by atoms with Crippen LogP contribution in [0.25, 0.3) is 0 Å². The summed E-state index contributed by atoms with van der Waals surface area (Å²) in [6.45, 7) is 51.8. The number of amides is 7. The maximum atomic E-state index is 11.2. The second kappa shape index (κ2) is 130. The molecule has 7 amide bonds. The fourth-order valence-electron chi connectivity index (χ4n) is 4.05. The summed E-state index contributed by atoms with van der Waals surface area (Å²) in [5.74, 6) is 7.08. The lowest BCUT2D eigenvalue weighted by Crippen LogP contribution is -2.41. The Morgan fingerprint density at radius 3 is 0.848 bits per heavy atom. The fraction of sp³-hybridized carbons (Fsp3) is 0.730. The Kier molecular flexibility index (Phi) is 172. The molecular formula is C74H153N7O12S6. The van der Waals surface area contributed by atoms with Crippen molar-refractivity contribution in [3.63, 3.8) is 0 Å². The minimum atomic E-state index is -0.410. The van der Waals surface area contributed by atoms with Crippen LogP contribution in [0.4, 0.5) is 0 Å². The second-order valence-electron chi connectivity index (χ2n) is 20.3. The van der Waals surface area contributed by atoms with E-state index in [-0.39, 0.29) is 64.7 Å². The van der Waals surface area contributed by atoms with E-state index in [4.69, 9.17) is 10.5 Å². The summed E-state index contributed by atoms with van der Waals surface area (Å²) in [6, 6.07) is -0.572. The molecule has 19 nitrogen and oxygen atoms in total. The van der Waals surface area contributed by atoms with Crippen molar-refractivity contribution in [3.8, 4) is 0 Å². The zero-order chi connectivity index (χ0) is 81.1. The number of ketones is 4. The molecule has 0 radical (unpaired) electrons. The monoisotopic (exact) mass is 1520 g/mol. The Morgan fingerprint density at radius 2 is 0.667 bits per heavy atom. The SMILES string of the molecule is C=CCC.C=CCC.C=CCC.C=CCC.C=O.CC(=O)CCCS.CC(C)NC(=O)CCS.CCC.CCCC(=O)NC(CS)C(=O)CC.CCCC(=O)NC(CS)C(=O)CC.CCCCSCCC(N)=O.CCCCSCCCC(C)=O.CNC(C)=O.CNC(C)=O.CNC(C)=O. The first kappa shape index (κ1) is 131. The molecule has 2 unspecified atom stereocenters. The van der Waals surface area contributed by atoms with E-state index in [1.807, 2.05) is 70.5 Å². The summed E-state index contributed by atoms with van der Waals surface area (Å²) < 4.78 is 0. The average Bonchev–Trinajstić information content (AvgIpc) is 1.42. The number of nitrogens with two attached hydrogens (primary N) is 1. The van der Waals surface area contributed by atoms with Crippen LogP contribution in [0.3, 0.4) is 0 Å². The van der Waals surface area contributed by atoms with Crippen molar-refractivity contribution in [2.24, 2.45) is 5.73 Å². The Hall–Kier alpha value is -4.30. The number of hydrogen-bond acceptors (Lipinski definition) is 18. The van der Waals surface area contributed by atoms with E-state index in [0.29, 0.717) is 68.0 Å². The van der Waals surface area contributed by atoms with Gasteiger partial charge in [0.1, 0.15) is 18.4 Å². The molecule has 0 aliphatic rings. The molecule has 592 valence electrons. The van der Waals surface area contributed by atoms with E-state index in [1.165, 1.54) is 58.6 Å². The quantitative estimate of drug-likeness (QED) is 0.0160. The smallest absolute Gasteiger partial charge is 0.221 e. The highest BCUT2D eigenvalue weighted by atomic mass is 32.2. The molecular weight excluding hydrogens is 1370 g/mol. The normalized spacial score (nSPS) is 9.08. The number of thiol groups is 4. The number of unbranched alkanes of at least 4 members (excludes halogenated alkanes) is 2. The number of nitrogens with one attached hydrogen (secondary N) is 6. The van der Waals surface area contributed by atoms with Crippen molar-refractivity contribution >= 4 is 145 Å². The Labute approximate surface area is 638 Å². The van der Waals surface area contributed by atoms with Gasteiger partial charge < -0.3 is 52.0 Å². The van der Waals surface area contributed by atoms with Gasteiger partial charge in [-0.05, 0) is 121 Å². The van der Waals surface area contributed by atoms with Gasteiger partial charge in [0.15, 0.2) is 11.6 Å². The predicted octanol–water partition coefficient (Wildman–Crippen LogP) is 15.6. The minimum absolute atomic E-state index is 0.00463. The summed E-state index contributed by atoms with van der Waals surface area (Å²) in [7, 11) is 4.80. The molecule has 0 aromatic rings. The molecule has 0 spiro atoms. The molecule has 25 heteroatoms. The molecule has 8 N–H and O–H groups in total. The summed E-state index contributed by atoms with van der Waals surface area (Å²) in [5.41, 5.74) is 4.95. The van der Waals surface area contributed by atoms with Crippen molar-refractivity contribution in [2.45, 2.75) is 285 Å². The lowest BCUT2D eigenvalue weighted by Gasteiger charge is -2.13. The molecule has 0 rings (SSSR count). The first-order chi connectivity index (χ1) is 46.7. The number of carbonyl (C=O) groups is 12. The van der Waals surface area contributed by atoms with Gasteiger partial charge in [-0.3, -0.25) is 43.2 Å². The van der Waals surface area contributed by atoms with Gasteiger partial charge in [-0.15, -0.1) is 26.3 Å². The third-order valence-corrected chi connectivity index (χ3v) is 13.2. The molecule has 0 fully saturated rings. The summed E-state index contributed by atoms with van der Waals surface area (Å²) in [4.78, 5) is 123. The van der Waals surface area contributed by atoms with Crippen LogP contribution in [-0.4, -0.2) is 157 Å². The number of rotatable bonds is 35. The van der Waals surface area contributed by atoms with Crippen molar-refractivity contribution in [3.05, 3.63) is 50.6 Å². The standard InChI is InChI=1S/2C9H17NO2S.C9H18OS.C7H15NOS.C6H13NOS.C5H10OS.4C4H8.3C3H7NO.C3H8.CH2O/c2*1-3-5-9(12)10-7(6-13)8(11)4-2;1-3-4-7-11-8-5-6-9(2)10;1-2-3-5-10-6-4-7(8)9;1-5(2)7-6(8)3-4-9;1-5(6)3-2-4-7;4*1-3-4-2;3*1-3(5)4-2;1-3-2;1-2/h2*7,13H,3-6H2,1-2H3,(H,10,12);3-8H2,1-2H3;2-6H2,1H3,(H2,8,9);5,9H,3-4H2,1-2H3,(H,7,8);7H,2-4H2,1H3;4*3H,1,4H2,2H3;3*1-2H3,(H,4,5);3H2,1-2H3;1H2. The maximum Gasteiger partial charge on any atom is 0.221 e. The number of allylic oxidation sites excluding steroid dienone is 4. The van der Waals surface area contributed by atoms with E-state index in [1.54, 1.807) is 60.6 Å². The zero-order valence-electron chi connectivity index (χ0n) is 66.7. The van der Waals surface area contributed by atoms with Crippen LogP contribution in [0.1, 0.15) is 266 Å². The fourth-order valence-corrected chi connectivity index (χ4v) is 7.09. The number of thioether (sulfide) groups is 2. The van der Waals surface area contributed by atoms with Crippen LogP contribution in [-0.2, 0) is 57.5 Å². The van der Waals surface area contributed by atoms with Crippen LogP contribution >= 0.6 is 74.0 Å². The topological polar surface area (TPSA) is 303 Å². The Balaban J connectivity index is -0.0000000603. The summed E-state index contributed by atoms with van der Waals surface area (Å²) >= 11 is 19.7. The van der Waals surface area contributed by atoms with Gasteiger partial charge >= 0.3 is 0 Å². The molecule has 2 atom stereocenters. The first-order valence-electron chi connectivity index (χ1n) is 34.7. The van der Waals surface area contributed by atoms with Crippen molar-refractivity contribution in [1.29, 1.82) is 0 Å². The van der Waals surface area contributed by atoms with Gasteiger partial charge in [0.25, 0.3) is 0 Å². The number of carbonyl (C=O) groups excluding carboxylic acids is 12. The molecule has 0 saturated carbocycles. The van der Waals surface area contributed by atoms with Gasteiger partial charge in [0.05, 0.1) is 12.1 Å². The Morgan fingerprint density at radius 1 is 0.404 bits per heavy atom. The number of primary amides is 1. The second-order valence-corrected chi connectivity index (χ2v) is 24.4. The lowest BCUT2D eigenvalue weighted by molar-refractivity contribution is -0.127. The van der Waals surface area contributed by atoms with E-state index in [9.17, 15) is 52.7 Å². The van der Waals surface area contributed by atoms with Gasteiger partial charge in [-0.2, -0.15) is 74.0 Å². The van der Waals surface area contributed by atoms with Crippen LogP contribution < -0.4 is 37.6 Å². The Bertz CT molecular complexity index is 1700. The van der Waals surface area contributed by atoms with Gasteiger partial charge in [0.2, 0.25) is 41.4 Å². The third-order valence-electron chi connectivity index (χ3n) is 9.75. The van der Waals surface area contributed by atoms with Gasteiger partial charge in [0, 0.05) is 117 Å². The molecule has 0 aliphatic carbocycles. The number of Topliss-reactive ketones (excluding diaryl/α,β-unsaturated/α-hetero) is 4. The highest BCUT2D eigenvalue weighted by molar-refractivity contribution is 7.99. The van der Waals surface area contributed by atoms with E-state index < -0.39 is 12.1 Å². The molecule has 0 bridgehead atoms. The van der Waals surface area contributed by atoms with Crippen molar-refractivity contribution in [2.75, 3.05) is 67.2 Å². The minimum Gasteiger partial charge on any atom is -0.370 e.